The quantitative estimate of drug-likeness (QED) is 0.275. The number of amides is 3. The predicted molar refractivity (Wildman–Crippen MR) is 134 cm³/mol. The Hall–Kier alpha value is -2.37. The molecule has 176 valence electrons. The molecule has 0 spiro atoms. The molecule has 1 unspecified atom stereocenters. The highest BCUT2D eigenvalue weighted by molar-refractivity contribution is 14.0. The van der Waals surface area contributed by atoms with E-state index in [1.165, 1.54) is 0 Å². The van der Waals surface area contributed by atoms with Gasteiger partial charge in [-0.05, 0) is 31.0 Å². The van der Waals surface area contributed by atoms with Crippen LogP contribution in [0.2, 0.25) is 0 Å². The zero-order valence-corrected chi connectivity index (χ0v) is 21.1. The molecule has 10 heteroatoms. The van der Waals surface area contributed by atoms with E-state index in [0.717, 1.165) is 31.0 Å². The Bertz CT molecular complexity index is 829. The van der Waals surface area contributed by atoms with Gasteiger partial charge in [0.15, 0.2) is 5.96 Å². The van der Waals surface area contributed by atoms with Crippen LogP contribution in [0.15, 0.2) is 29.3 Å². The van der Waals surface area contributed by atoms with Crippen molar-refractivity contribution in [1.29, 1.82) is 0 Å². The summed E-state index contributed by atoms with van der Waals surface area (Å²) in [4.78, 5) is 44.1. The minimum absolute atomic E-state index is 0. The molecule has 0 saturated carbocycles. The van der Waals surface area contributed by atoms with E-state index in [9.17, 15) is 14.4 Å². The molecule has 0 aliphatic carbocycles. The molecule has 0 bridgehead atoms. The molecule has 0 aromatic heterocycles. The zero-order chi connectivity index (χ0) is 22.2. The lowest BCUT2D eigenvalue weighted by Gasteiger charge is -2.26. The van der Waals surface area contributed by atoms with Crippen LogP contribution in [-0.2, 0) is 16.1 Å². The summed E-state index contributed by atoms with van der Waals surface area (Å²) in [5.41, 5.74) is 1.55. The number of rotatable bonds is 6. The maximum atomic E-state index is 12.6. The van der Waals surface area contributed by atoms with E-state index >= 15 is 0 Å². The minimum Gasteiger partial charge on any atom is -0.357 e. The van der Waals surface area contributed by atoms with Crippen LogP contribution in [0.5, 0.6) is 0 Å². The number of hydrogen-bond donors (Lipinski definition) is 3. The smallest absolute Gasteiger partial charge is 0.254 e. The lowest BCUT2D eigenvalue weighted by Crippen LogP contribution is -2.49. The van der Waals surface area contributed by atoms with Gasteiger partial charge in [-0.1, -0.05) is 19.1 Å². The van der Waals surface area contributed by atoms with Gasteiger partial charge in [0.25, 0.3) is 5.91 Å². The molecule has 32 heavy (non-hydrogen) atoms. The van der Waals surface area contributed by atoms with Crippen LogP contribution in [-0.4, -0.2) is 78.8 Å². The SMILES string of the molecule is CCNC(=NCc1ccc(C(=O)N2CCNC(=O)C2)cc1)NC1CCN(C(=O)CC)C1.I. The van der Waals surface area contributed by atoms with Crippen molar-refractivity contribution in [3.63, 3.8) is 0 Å². The van der Waals surface area contributed by atoms with Crippen LogP contribution >= 0.6 is 24.0 Å². The van der Waals surface area contributed by atoms with Gasteiger partial charge in [0, 0.05) is 50.7 Å². The van der Waals surface area contributed by atoms with Gasteiger partial charge in [-0.15, -0.1) is 24.0 Å². The summed E-state index contributed by atoms with van der Waals surface area (Å²) < 4.78 is 0. The molecule has 2 heterocycles. The molecule has 2 aliphatic rings. The van der Waals surface area contributed by atoms with Crippen LogP contribution in [0.3, 0.4) is 0 Å². The van der Waals surface area contributed by atoms with Gasteiger partial charge in [-0.25, -0.2) is 4.99 Å². The van der Waals surface area contributed by atoms with Crippen LogP contribution in [0.4, 0.5) is 0 Å². The van der Waals surface area contributed by atoms with Gasteiger partial charge < -0.3 is 25.8 Å². The monoisotopic (exact) mass is 556 g/mol. The highest BCUT2D eigenvalue weighted by atomic mass is 127. The summed E-state index contributed by atoms with van der Waals surface area (Å²) in [5.74, 6) is 0.648. The first-order chi connectivity index (χ1) is 15.0. The predicted octanol–water partition coefficient (Wildman–Crippen LogP) is 0.943. The fraction of sp³-hybridized carbons (Fsp3) is 0.545. The summed E-state index contributed by atoms with van der Waals surface area (Å²) in [7, 11) is 0. The number of benzene rings is 1. The van der Waals surface area contributed by atoms with Crippen molar-refractivity contribution in [3.8, 4) is 0 Å². The molecule has 1 aromatic carbocycles. The van der Waals surface area contributed by atoms with Crippen molar-refractivity contribution >= 4 is 47.7 Å². The molecule has 1 atom stereocenters. The minimum atomic E-state index is -0.132. The molecule has 2 aliphatic heterocycles. The van der Waals surface area contributed by atoms with E-state index in [0.29, 0.717) is 38.2 Å². The number of hydrogen-bond acceptors (Lipinski definition) is 4. The van der Waals surface area contributed by atoms with Gasteiger partial charge in [-0.3, -0.25) is 14.4 Å². The van der Waals surface area contributed by atoms with Crippen molar-refractivity contribution in [3.05, 3.63) is 35.4 Å². The van der Waals surface area contributed by atoms with Gasteiger partial charge >= 0.3 is 0 Å². The molecular formula is C22H33IN6O3. The number of halogens is 1. The Morgan fingerprint density at radius 2 is 1.91 bits per heavy atom. The molecule has 3 rings (SSSR count). The first-order valence-electron chi connectivity index (χ1n) is 11.0. The average Bonchev–Trinajstić information content (AvgIpc) is 3.25. The summed E-state index contributed by atoms with van der Waals surface area (Å²) in [6, 6.07) is 7.54. The third-order valence-electron chi connectivity index (χ3n) is 5.47. The van der Waals surface area contributed by atoms with Crippen molar-refractivity contribution in [2.45, 2.75) is 39.3 Å². The lowest BCUT2D eigenvalue weighted by molar-refractivity contribution is -0.129. The summed E-state index contributed by atoms with van der Waals surface area (Å²) in [6.07, 6.45) is 1.44. The summed E-state index contributed by atoms with van der Waals surface area (Å²) in [6.45, 7) is 7.70. The standard InChI is InChI=1S/C22H32N6O3.HI/c1-3-20(30)27-11-9-18(14-27)26-22(23-4-2)25-13-16-5-7-17(8-6-16)21(31)28-12-10-24-19(29)15-28;/h5-8,18H,3-4,9-15H2,1-2H3,(H,24,29)(H2,23,25,26);1H. The Balaban J connectivity index is 0.00000363. The molecule has 1 aromatic rings. The third kappa shape index (κ3) is 7.07. The van der Waals surface area contributed by atoms with E-state index in [4.69, 9.17) is 0 Å². The van der Waals surface area contributed by atoms with E-state index < -0.39 is 0 Å². The van der Waals surface area contributed by atoms with Crippen molar-refractivity contribution in [2.24, 2.45) is 4.99 Å². The second kappa shape index (κ2) is 12.6. The van der Waals surface area contributed by atoms with Crippen molar-refractivity contribution < 1.29 is 14.4 Å². The number of likely N-dealkylation sites (tertiary alicyclic amines) is 1. The third-order valence-corrected chi connectivity index (χ3v) is 5.47. The Labute approximate surface area is 206 Å². The van der Waals surface area contributed by atoms with Crippen molar-refractivity contribution in [1.82, 2.24) is 25.8 Å². The number of piperazine rings is 1. The highest BCUT2D eigenvalue weighted by Crippen LogP contribution is 2.12. The number of aliphatic imine (C=N–C) groups is 1. The van der Waals surface area contributed by atoms with E-state index in [2.05, 4.69) is 20.9 Å². The number of carbonyl (C=O) groups is 3. The zero-order valence-electron chi connectivity index (χ0n) is 18.7. The van der Waals surface area contributed by atoms with Gasteiger partial charge in [0.2, 0.25) is 11.8 Å². The van der Waals surface area contributed by atoms with Crippen LogP contribution < -0.4 is 16.0 Å². The highest BCUT2D eigenvalue weighted by Gasteiger charge is 2.26. The molecular weight excluding hydrogens is 523 g/mol. The Kier molecular flexibility index (Phi) is 10.2. The van der Waals surface area contributed by atoms with Gasteiger partial charge in [0.1, 0.15) is 0 Å². The number of nitrogens with one attached hydrogen (secondary N) is 3. The fourth-order valence-corrected chi connectivity index (χ4v) is 3.76. The molecule has 0 radical (unpaired) electrons. The Morgan fingerprint density at radius 3 is 2.56 bits per heavy atom. The second-order valence-electron chi connectivity index (χ2n) is 7.79. The maximum Gasteiger partial charge on any atom is 0.254 e. The Morgan fingerprint density at radius 1 is 1.16 bits per heavy atom. The van der Waals surface area contributed by atoms with Crippen LogP contribution in [0, 0.1) is 0 Å². The first kappa shape index (κ1) is 25.9. The molecule has 2 saturated heterocycles. The van der Waals surface area contributed by atoms with E-state index in [1.54, 1.807) is 17.0 Å². The summed E-state index contributed by atoms with van der Waals surface area (Å²) in [5, 5.41) is 9.39. The van der Waals surface area contributed by atoms with Crippen LogP contribution in [0.1, 0.15) is 42.6 Å². The number of guanidine groups is 1. The topological polar surface area (TPSA) is 106 Å². The first-order valence-corrected chi connectivity index (χ1v) is 11.0. The lowest BCUT2D eigenvalue weighted by atomic mass is 10.1. The van der Waals surface area contributed by atoms with Crippen molar-refractivity contribution in [2.75, 3.05) is 39.3 Å². The number of nitrogens with zero attached hydrogens (tertiary/aromatic N) is 3. The van der Waals surface area contributed by atoms with E-state index in [1.807, 2.05) is 30.9 Å². The van der Waals surface area contributed by atoms with E-state index in [-0.39, 0.29) is 54.3 Å². The van der Waals surface area contributed by atoms with Gasteiger partial charge in [-0.2, -0.15) is 0 Å². The second-order valence-corrected chi connectivity index (χ2v) is 7.79. The molecule has 3 N–H and O–H groups in total. The van der Waals surface area contributed by atoms with Gasteiger partial charge in [0.05, 0.1) is 13.1 Å². The average molecular weight is 556 g/mol. The molecule has 2 fully saturated rings. The molecule has 9 nitrogen and oxygen atoms in total. The van der Waals surface area contributed by atoms with Crippen LogP contribution in [0.25, 0.3) is 0 Å². The largest absolute Gasteiger partial charge is 0.357 e. The number of carbonyl (C=O) groups excluding carboxylic acids is 3. The maximum absolute atomic E-state index is 12.6. The fourth-order valence-electron chi connectivity index (χ4n) is 3.76. The summed E-state index contributed by atoms with van der Waals surface area (Å²) >= 11 is 0. The normalized spacial score (nSPS) is 18.6. The molecule has 3 amide bonds.